The second-order valence-corrected chi connectivity index (χ2v) is 16.0. The summed E-state index contributed by atoms with van der Waals surface area (Å²) in [5.74, 6) is 0. The number of nitrogens with one attached hydrogen (secondary N) is 4. The summed E-state index contributed by atoms with van der Waals surface area (Å²) in [5, 5.41) is 10.1. The molecule has 0 aromatic carbocycles. The van der Waals surface area contributed by atoms with Gasteiger partial charge in [0.05, 0.1) is 0 Å². The molecule has 1 aromatic heterocycles. The SMILES string of the molecule is CCCCCCCCCCCCCCCCCCCCNNc1nnc(NNCCCCCCCCCCCCCCCCCCCC)s1. The number of hydrazine groups is 2. The Balaban J connectivity index is 1.74. The van der Waals surface area contributed by atoms with Gasteiger partial charge >= 0.3 is 0 Å². The molecule has 1 heterocycles. The quantitative estimate of drug-likeness (QED) is 0.0401. The predicted octanol–water partition coefficient (Wildman–Crippen LogP) is 14.5. The van der Waals surface area contributed by atoms with E-state index in [0.717, 1.165) is 23.4 Å². The van der Waals surface area contributed by atoms with Crippen molar-refractivity contribution in [1.82, 2.24) is 21.0 Å². The first-order valence-corrected chi connectivity index (χ1v) is 23.0. The Morgan fingerprint density at radius 3 is 0.735 bits per heavy atom. The van der Waals surface area contributed by atoms with E-state index in [1.807, 2.05) is 0 Å². The Hall–Kier alpha value is -0.920. The van der Waals surface area contributed by atoms with Gasteiger partial charge in [0.15, 0.2) is 0 Å². The van der Waals surface area contributed by atoms with E-state index in [1.54, 1.807) is 11.3 Å². The molecule has 4 N–H and O–H groups in total. The van der Waals surface area contributed by atoms with Crippen LogP contribution in [0.2, 0.25) is 0 Å². The molecule has 0 spiro atoms. The topological polar surface area (TPSA) is 73.9 Å². The van der Waals surface area contributed by atoms with Gasteiger partial charge in [-0.15, -0.1) is 10.2 Å². The average Bonchev–Trinajstić information content (AvgIpc) is 3.57. The van der Waals surface area contributed by atoms with Gasteiger partial charge in [-0.05, 0) is 12.8 Å². The highest BCUT2D eigenvalue weighted by Gasteiger charge is 2.03. The van der Waals surface area contributed by atoms with Gasteiger partial charge < -0.3 is 0 Å². The minimum absolute atomic E-state index is 0.819. The molecule has 0 saturated heterocycles. The highest BCUT2D eigenvalue weighted by molar-refractivity contribution is 7.18. The van der Waals surface area contributed by atoms with Crippen molar-refractivity contribution in [3.05, 3.63) is 0 Å². The highest BCUT2D eigenvalue weighted by Crippen LogP contribution is 2.19. The Bertz CT molecular complexity index is 686. The summed E-state index contributed by atoms with van der Waals surface area (Å²) < 4.78 is 0. The van der Waals surface area contributed by atoms with Crippen LogP contribution in [0, 0.1) is 0 Å². The maximum Gasteiger partial charge on any atom is 0.221 e. The maximum atomic E-state index is 4.23. The van der Waals surface area contributed by atoms with E-state index in [4.69, 9.17) is 0 Å². The fraction of sp³-hybridized carbons (Fsp3) is 0.952. The molecule has 1 rings (SSSR count). The lowest BCUT2D eigenvalue weighted by Crippen LogP contribution is -2.22. The van der Waals surface area contributed by atoms with E-state index in [-0.39, 0.29) is 0 Å². The average molecular weight is 707 g/mol. The normalized spacial score (nSPS) is 11.5. The van der Waals surface area contributed by atoms with Gasteiger partial charge in [0.2, 0.25) is 10.3 Å². The molecule has 290 valence electrons. The van der Waals surface area contributed by atoms with Crippen LogP contribution in [0.5, 0.6) is 0 Å². The number of rotatable bonds is 42. The molecule has 0 aliphatic rings. The fourth-order valence-electron chi connectivity index (χ4n) is 6.83. The summed E-state index contributed by atoms with van der Waals surface area (Å²) in [6.45, 7) is 6.54. The fourth-order valence-corrected chi connectivity index (χ4v) is 7.42. The van der Waals surface area contributed by atoms with Gasteiger partial charge in [-0.1, -0.05) is 243 Å². The third-order valence-electron chi connectivity index (χ3n) is 10.1. The number of aromatic nitrogens is 2. The largest absolute Gasteiger partial charge is 0.296 e. The first-order valence-electron chi connectivity index (χ1n) is 22.2. The van der Waals surface area contributed by atoms with Crippen molar-refractivity contribution < 1.29 is 0 Å². The minimum atomic E-state index is 0.819. The van der Waals surface area contributed by atoms with Crippen LogP contribution in [0.25, 0.3) is 0 Å². The van der Waals surface area contributed by atoms with Crippen molar-refractivity contribution in [2.24, 2.45) is 0 Å². The van der Waals surface area contributed by atoms with Gasteiger partial charge in [0.1, 0.15) is 0 Å². The highest BCUT2D eigenvalue weighted by atomic mass is 32.1. The molecule has 0 bridgehead atoms. The van der Waals surface area contributed by atoms with Crippen molar-refractivity contribution in [2.45, 2.75) is 245 Å². The molecule has 0 aliphatic carbocycles. The molecule has 0 unspecified atom stereocenters. The van der Waals surface area contributed by atoms with Crippen molar-refractivity contribution in [1.29, 1.82) is 0 Å². The molecular formula is C42H86N6S. The molecule has 49 heavy (non-hydrogen) atoms. The molecular weight excluding hydrogens is 621 g/mol. The molecule has 0 fully saturated rings. The second kappa shape index (κ2) is 39.9. The van der Waals surface area contributed by atoms with E-state index in [9.17, 15) is 0 Å². The number of hydrogen-bond acceptors (Lipinski definition) is 7. The zero-order valence-corrected chi connectivity index (χ0v) is 34.0. The Morgan fingerprint density at radius 2 is 0.510 bits per heavy atom. The number of anilines is 2. The van der Waals surface area contributed by atoms with Crippen molar-refractivity contribution in [3.63, 3.8) is 0 Å². The van der Waals surface area contributed by atoms with Crippen LogP contribution < -0.4 is 21.7 Å². The summed E-state index contributed by atoms with van der Waals surface area (Å²) in [4.78, 5) is 0. The number of nitrogens with zero attached hydrogens (tertiary/aromatic N) is 2. The van der Waals surface area contributed by atoms with Gasteiger partial charge in [-0.3, -0.25) is 10.9 Å². The molecule has 0 amide bonds. The third kappa shape index (κ3) is 35.3. The molecule has 0 saturated carbocycles. The summed E-state index contributed by atoms with van der Waals surface area (Å²) in [5.41, 5.74) is 13.0. The Labute approximate surface area is 310 Å². The summed E-state index contributed by atoms with van der Waals surface area (Å²) in [6, 6.07) is 0. The van der Waals surface area contributed by atoms with Crippen LogP contribution in [0.4, 0.5) is 10.3 Å². The Morgan fingerprint density at radius 1 is 0.306 bits per heavy atom. The van der Waals surface area contributed by atoms with Crippen molar-refractivity contribution in [3.8, 4) is 0 Å². The predicted molar refractivity (Wildman–Crippen MR) is 221 cm³/mol. The summed E-state index contributed by atoms with van der Waals surface area (Å²) >= 11 is 1.54. The first kappa shape index (κ1) is 46.1. The Kier molecular flexibility index (Phi) is 37.5. The maximum absolute atomic E-state index is 4.23. The van der Waals surface area contributed by atoms with E-state index < -0.39 is 0 Å². The minimum Gasteiger partial charge on any atom is -0.296 e. The van der Waals surface area contributed by atoms with E-state index in [2.05, 4.69) is 45.7 Å². The molecule has 0 aliphatic heterocycles. The third-order valence-corrected chi connectivity index (χ3v) is 10.9. The number of hydrogen-bond donors (Lipinski definition) is 4. The molecule has 0 radical (unpaired) electrons. The van der Waals surface area contributed by atoms with Crippen LogP contribution in [0.1, 0.15) is 245 Å². The van der Waals surface area contributed by atoms with Crippen molar-refractivity contribution in [2.75, 3.05) is 23.9 Å². The van der Waals surface area contributed by atoms with Crippen LogP contribution in [0.3, 0.4) is 0 Å². The van der Waals surface area contributed by atoms with E-state index in [1.165, 1.54) is 231 Å². The molecule has 6 nitrogen and oxygen atoms in total. The summed E-state index contributed by atoms with van der Waals surface area (Å²) in [7, 11) is 0. The monoisotopic (exact) mass is 707 g/mol. The van der Waals surface area contributed by atoms with Crippen LogP contribution in [0.15, 0.2) is 0 Å². The molecule has 1 aromatic rings. The van der Waals surface area contributed by atoms with Gasteiger partial charge in [0, 0.05) is 13.1 Å². The van der Waals surface area contributed by atoms with E-state index >= 15 is 0 Å². The first-order chi connectivity index (χ1) is 24.4. The van der Waals surface area contributed by atoms with Crippen molar-refractivity contribution >= 4 is 21.6 Å². The van der Waals surface area contributed by atoms with Crippen LogP contribution in [-0.4, -0.2) is 23.3 Å². The van der Waals surface area contributed by atoms with Crippen LogP contribution >= 0.6 is 11.3 Å². The number of unbranched alkanes of at least 4 members (excludes halogenated alkanes) is 34. The molecule has 0 atom stereocenters. The molecule has 7 heteroatoms. The van der Waals surface area contributed by atoms with Gasteiger partial charge in [-0.25, -0.2) is 10.9 Å². The zero-order valence-electron chi connectivity index (χ0n) is 33.2. The lowest BCUT2D eigenvalue weighted by molar-refractivity contribution is 0.524. The van der Waals surface area contributed by atoms with Crippen LogP contribution in [-0.2, 0) is 0 Å². The summed E-state index contributed by atoms with van der Waals surface area (Å²) in [6.07, 6.45) is 50.9. The zero-order chi connectivity index (χ0) is 35.0. The lowest BCUT2D eigenvalue weighted by atomic mass is 10.0. The van der Waals surface area contributed by atoms with Gasteiger partial charge in [0.25, 0.3) is 0 Å². The lowest BCUT2D eigenvalue weighted by Gasteiger charge is -2.06. The van der Waals surface area contributed by atoms with Gasteiger partial charge in [-0.2, -0.15) is 0 Å². The second-order valence-electron chi connectivity index (χ2n) is 15.0. The standard InChI is InChI=1S/C42H86N6S/c1-3-5-7-9-11-13-15-17-19-21-23-25-27-29-31-33-35-37-39-43-45-41-47-48-42(49-41)46-44-40-38-36-34-32-30-28-26-24-22-20-18-16-14-12-10-8-6-4-2/h43-44H,3-40H2,1-2H3,(H,45,47)(H,46,48). The smallest absolute Gasteiger partial charge is 0.221 e. The van der Waals surface area contributed by atoms with E-state index in [0.29, 0.717) is 0 Å².